The third-order valence-electron chi connectivity index (χ3n) is 5.26. The Hall–Kier alpha value is -2.82. The van der Waals surface area contributed by atoms with Crippen LogP contribution < -0.4 is 0 Å². The fourth-order valence-electron chi connectivity index (χ4n) is 3.74. The van der Waals surface area contributed by atoms with Crippen molar-refractivity contribution in [2.75, 3.05) is 0 Å². The van der Waals surface area contributed by atoms with E-state index in [0.717, 1.165) is 11.1 Å². The lowest BCUT2D eigenvalue weighted by Crippen LogP contribution is -2.41. The van der Waals surface area contributed by atoms with Crippen LogP contribution in [0.15, 0.2) is 60.7 Å². The van der Waals surface area contributed by atoms with Gasteiger partial charge in [0.2, 0.25) is 0 Å². The van der Waals surface area contributed by atoms with Crippen LogP contribution in [0, 0.1) is 5.92 Å². The Labute approximate surface area is 159 Å². The third-order valence-corrected chi connectivity index (χ3v) is 5.26. The SMILES string of the molecule is C[C@@H](c1ccccc1)N(C(=O)OCc1ccccc1)[C@H]1CC[C@@H](C(=O)O)C1. The molecule has 0 bridgehead atoms. The quantitative estimate of drug-likeness (QED) is 0.808. The van der Waals surface area contributed by atoms with Gasteiger partial charge in [-0.2, -0.15) is 0 Å². The molecule has 5 heteroatoms. The van der Waals surface area contributed by atoms with E-state index in [1.54, 1.807) is 4.90 Å². The molecule has 3 atom stereocenters. The molecule has 1 aliphatic carbocycles. The monoisotopic (exact) mass is 367 g/mol. The number of ether oxygens (including phenoxy) is 1. The molecular weight excluding hydrogens is 342 g/mol. The van der Waals surface area contributed by atoms with Crippen LogP contribution in [0.2, 0.25) is 0 Å². The molecule has 1 saturated carbocycles. The van der Waals surface area contributed by atoms with Gasteiger partial charge in [0.1, 0.15) is 6.61 Å². The van der Waals surface area contributed by atoms with Gasteiger partial charge in [-0.25, -0.2) is 4.79 Å². The fourth-order valence-corrected chi connectivity index (χ4v) is 3.74. The minimum Gasteiger partial charge on any atom is -0.481 e. The number of aliphatic carboxylic acids is 1. The van der Waals surface area contributed by atoms with Crippen LogP contribution in [0.5, 0.6) is 0 Å². The van der Waals surface area contributed by atoms with Crippen molar-refractivity contribution >= 4 is 12.1 Å². The van der Waals surface area contributed by atoms with Crippen LogP contribution in [0.4, 0.5) is 4.79 Å². The number of nitrogens with zero attached hydrogens (tertiary/aromatic N) is 1. The molecule has 1 fully saturated rings. The lowest BCUT2D eigenvalue weighted by atomic mass is 10.0. The first kappa shape index (κ1) is 19.0. The molecule has 1 aliphatic rings. The molecule has 1 N–H and O–H groups in total. The minimum atomic E-state index is -0.789. The van der Waals surface area contributed by atoms with Crippen LogP contribution in [-0.2, 0) is 16.1 Å². The second-order valence-electron chi connectivity index (χ2n) is 7.04. The highest BCUT2D eigenvalue weighted by Crippen LogP contribution is 2.35. The van der Waals surface area contributed by atoms with Gasteiger partial charge in [-0.05, 0) is 37.3 Å². The molecule has 142 valence electrons. The Morgan fingerprint density at radius 2 is 1.70 bits per heavy atom. The van der Waals surface area contributed by atoms with Crippen molar-refractivity contribution in [2.45, 2.75) is 44.9 Å². The number of hydrogen-bond donors (Lipinski definition) is 1. The highest BCUT2D eigenvalue weighted by molar-refractivity contribution is 5.72. The number of rotatable bonds is 6. The number of benzene rings is 2. The second kappa shape index (κ2) is 8.71. The van der Waals surface area contributed by atoms with E-state index in [0.29, 0.717) is 19.3 Å². The maximum Gasteiger partial charge on any atom is 0.410 e. The Bertz CT molecular complexity index is 762. The Morgan fingerprint density at radius 3 is 2.30 bits per heavy atom. The van der Waals surface area contributed by atoms with Gasteiger partial charge in [-0.15, -0.1) is 0 Å². The smallest absolute Gasteiger partial charge is 0.410 e. The van der Waals surface area contributed by atoms with Gasteiger partial charge in [0.15, 0.2) is 0 Å². The van der Waals surface area contributed by atoms with E-state index < -0.39 is 18.0 Å². The molecule has 0 heterocycles. The summed E-state index contributed by atoms with van der Waals surface area (Å²) in [6, 6.07) is 19.0. The van der Waals surface area contributed by atoms with Gasteiger partial charge in [-0.1, -0.05) is 60.7 Å². The fraction of sp³-hybridized carbons (Fsp3) is 0.364. The zero-order valence-electron chi connectivity index (χ0n) is 15.5. The summed E-state index contributed by atoms with van der Waals surface area (Å²) in [4.78, 5) is 26.0. The molecule has 0 radical (unpaired) electrons. The lowest BCUT2D eigenvalue weighted by molar-refractivity contribution is -0.141. The van der Waals surface area contributed by atoms with E-state index in [4.69, 9.17) is 4.74 Å². The van der Waals surface area contributed by atoms with Gasteiger partial charge in [0.05, 0.1) is 12.0 Å². The first-order valence-electron chi connectivity index (χ1n) is 9.33. The molecule has 5 nitrogen and oxygen atoms in total. The number of carbonyl (C=O) groups is 2. The van der Waals surface area contributed by atoms with Crippen molar-refractivity contribution in [1.82, 2.24) is 4.90 Å². The van der Waals surface area contributed by atoms with Gasteiger partial charge >= 0.3 is 12.1 Å². The molecule has 3 rings (SSSR count). The van der Waals surface area contributed by atoms with Crippen LogP contribution in [0.3, 0.4) is 0 Å². The van der Waals surface area contributed by atoms with Crippen molar-refractivity contribution in [3.8, 4) is 0 Å². The van der Waals surface area contributed by atoms with Crippen molar-refractivity contribution in [3.05, 3.63) is 71.8 Å². The first-order valence-corrected chi connectivity index (χ1v) is 9.33. The molecule has 0 aromatic heterocycles. The summed E-state index contributed by atoms with van der Waals surface area (Å²) >= 11 is 0. The normalized spacial score (nSPS) is 20.0. The zero-order chi connectivity index (χ0) is 19.2. The third kappa shape index (κ3) is 4.67. The number of carboxylic acid groups (broad SMARTS) is 1. The summed E-state index contributed by atoms with van der Waals surface area (Å²) in [5.41, 5.74) is 1.93. The van der Waals surface area contributed by atoms with E-state index in [9.17, 15) is 14.7 Å². The molecule has 0 spiro atoms. The number of amides is 1. The Balaban J connectivity index is 1.76. The highest BCUT2D eigenvalue weighted by Gasteiger charge is 2.38. The predicted molar refractivity (Wildman–Crippen MR) is 102 cm³/mol. The van der Waals surface area contributed by atoms with E-state index in [-0.39, 0.29) is 18.7 Å². The summed E-state index contributed by atoms with van der Waals surface area (Å²) < 4.78 is 5.58. The standard InChI is InChI=1S/C22H25NO4/c1-16(18-10-6-3-7-11-18)23(20-13-12-19(14-20)21(24)25)22(26)27-15-17-8-4-2-5-9-17/h2-11,16,19-20H,12-15H2,1H3,(H,24,25)/t16-,19+,20-/m0/s1. The Morgan fingerprint density at radius 1 is 1.07 bits per heavy atom. The summed E-state index contributed by atoms with van der Waals surface area (Å²) in [6.45, 7) is 2.17. The average molecular weight is 367 g/mol. The van der Waals surface area contributed by atoms with Crippen molar-refractivity contribution < 1.29 is 19.4 Å². The van der Waals surface area contributed by atoms with E-state index >= 15 is 0 Å². The molecule has 2 aromatic carbocycles. The Kier molecular flexibility index (Phi) is 6.12. The maximum absolute atomic E-state index is 13.0. The molecule has 1 amide bonds. The average Bonchev–Trinajstić information content (AvgIpc) is 3.18. The molecular formula is C22H25NO4. The number of hydrogen-bond acceptors (Lipinski definition) is 3. The summed E-state index contributed by atoms with van der Waals surface area (Å²) in [5, 5.41) is 9.32. The van der Waals surface area contributed by atoms with E-state index in [1.165, 1.54) is 0 Å². The van der Waals surface area contributed by atoms with Crippen LogP contribution in [0.25, 0.3) is 0 Å². The van der Waals surface area contributed by atoms with Gasteiger partial charge in [-0.3, -0.25) is 9.69 Å². The number of carboxylic acids is 1. The maximum atomic E-state index is 13.0. The summed E-state index contributed by atoms with van der Waals surface area (Å²) in [7, 11) is 0. The molecule has 27 heavy (non-hydrogen) atoms. The topological polar surface area (TPSA) is 66.8 Å². The summed E-state index contributed by atoms with van der Waals surface area (Å²) in [6.07, 6.45) is 1.33. The van der Waals surface area contributed by atoms with Gasteiger partial charge in [0.25, 0.3) is 0 Å². The van der Waals surface area contributed by atoms with Crippen LogP contribution in [0.1, 0.15) is 43.4 Å². The largest absolute Gasteiger partial charge is 0.481 e. The van der Waals surface area contributed by atoms with Crippen molar-refractivity contribution in [3.63, 3.8) is 0 Å². The predicted octanol–water partition coefficient (Wildman–Crippen LogP) is 4.64. The van der Waals surface area contributed by atoms with Crippen molar-refractivity contribution in [1.29, 1.82) is 0 Å². The van der Waals surface area contributed by atoms with Crippen LogP contribution >= 0.6 is 0 Å². The highest BCUT2D eigenvalue weighted by atomic mass is 16.6. The summed E-state index contributed by atoms with van der Waals surface area (Å²) in [5.74, 6) is -1.19. The lowest BCUT2D eigenvalue weighted by Gasteiger charge is -2.34. The number of carbonyl (C=O) groups excluding carboxylic acids is 1. The molecule has 2 aromatic rings. The van der Waals surface area contributed by atoms with Crippen LogP contribution in [-0.4, -0.2) is 28.1 Å². The van der Waals surface area contributed by atoms with Gasteiger partial charge in [0, 0.05) is 6.04 Å². The van der Waals surface area contributed by atoms with E-state index in [2.05, 4.69) is 0 Å². The molecule has 0 aliphatic heterocycles. The van der Waals surface area contributed by atoms with Crippen molar-refractivity contribution in [2.24, 2.45) is 5.92 Å². The van der Waals surface area contributed by atoms with Gasteiger partial charge < -0.3 is 9.84 Å². The van der Waals surface area contributed by atoms with E-state index in [1.807, 2.05) is 67.6 Å². The molecule has 0 unspecified atom stereocenters. The zero-order valence-corrected chi connectivity index (χ0v) is 15.5. The minimum absolute atomic E-state index is 0.135. The second-order valence-corrected chi connectivity index (χ2v) is 7.04. The molecule has 0 saturated heterocycles. The first-order chi connectivity index (χ1) is 13.1.